The Balaban J connectivity index is 2.17. The fourth-order valence-corrected chi connectivity index (χ4v) is 2.27. The highest BCUT2D eigenvalue weighted by molar-refractivity contribution is 5.93. The van der Waals surface area contributed by atoms with E-state index < -0.39 is 0 Å². The van der Waals surface area contributed by atoms with Gasteiger partial charge in [-0.1, -0.05) is 49.9 Å². The molecule has 1 aliphatic rings. The summed E-state index contributed by atoms with van der Waals surface area (Å²) in [5, 5.41) is 2.95. The van der Waals surface area contributed by atoms with E-state index in [0.29, 0.717) is 5.82 Å². The minimum Gasteiger partial charge on any atom is -0.310 e. The Labute approximate surface area is 126 Å². The molecule has 0 bridgehead atoms. The highest BCUT2D eigenvalue weighted by atomic mass is 16.2. The van der Waals surface area contributed by atoms with Crippen molar-refractivity contribution in [1.29, 1.82) is 0 Å². The van der Waals surface area contributed by atoms with E-state index in [-0.39, 0.29) is 11.3 Å². The lowest BCUT2D eigenvalue weighted by molar-refractivity contribution is -0.122. The van der Waals surface area contributed by atoms with Crippen molar-refractivity contribution < 1.29 is 4.79 Å². The summed E-state index contributed by atoms with van der Waals surface area (Å²) >= 11 is 0. The Morgan fingerprint density at radius 2 is 2.05 bits per heavy atom. The number of carbonyl (C=O) groups is 1. The molecule has 1 aliphatic carbocycles. The molecule has 0 heterocycles. The number of nitrogens with one attached hydrogen (secondary N) is 1. The standard InChI is InChI=1S/C18H22N2O/c1-4-9-16(19-14(3)5-2)20-17(21)18(12-13-18)15-10-7-6-8-11-15/h4,6-11H,1,5,12-13H2,2-3H3,(H,20,21)/b16-9+,19-14+. The number of rotatable bonds is 6. The molecule has 2 rings (SSSR count). The zero-order valence-corrected chi connectivity index (χ0v) is 12.7. The van der Waals surface area contributed by atoms with Crippen molar-refractivity contribution in [2.75, 3.05) is 0 Å². The van der Waals surface area contributed by atoms with Crippen LogP contribution in [0, 0.1) is 0 Å². The van der Waals surface area contributed by atoms with E-state index in [1.807, 2.05) is 44.2 Å². The predicted octanol–water partition coefficient (Wildman–Crippen LogP) is 3.73. The number of carbonyl (C=O) groups excluding carboxylic acids is 1. The molecule has 0 saturated heterocycles. The van der Waals surface area contributed by atoms with E-state index in [9.17, 15) is 4.79 Å². The first-order chi connectivity index (χ1) is 10.1. The van der Waals surface area contributed by atoms with Crippen LogP contribution in [0.15, 0.2) is 59.9 Å². The molecule has 21 heavy (non-hydrogen) atoms. The molecule has 3 nitrogen and oxygen atoms in total. The second kappa shape index (κ2) is 6.53. The summed E-state index contributed by atoms with van der Waals surface area (Å²) in [5.41, 5.74) is 1.68. The van der Waals surface area contributed by atoms with Gasteiger partial charge in [0.05, 0.1) is 5.41 Å². The molecule has 3 heteroatoms. The monoisotopic (exact) mass is 282 g/mol. The zero-order valence-electron chi connectivity index (χ0n) is 12.7. The van der Waals surface area contributed by atoms with Gasteiger partial charge in [0.2, 0.25) is 5.91 Å². The zero-order chi connectivity index (χ0) is 15.3. The molecular weight excluding hydrogens is 260 g/mol. The summed E-state index contributed by atoms with van der Waals surface area (Å²) in [4.78, 5) is 17.1. The third-order valence-electron chi connectivity index (χ3n) is 3.85. The minimum absolute atomic E-state index is 0.0226. The second-order valence-electron chi connectivity index (χ2n) is 5.39. The molecule has 1 aromatic carbocycles. The van der Waals surface area contributed by atoms with E-state index in [1.165, 1.54) is 0 Å². The third-order valence-corrected chi connectivity index (χ3v) is 3.85. The largest absolute Gasteiger partial charge is 0.310 e. The molecule has 0 unspecified atom stereocenters. The lowest BCUT2D eigenvalue weighted by Crippen LogP contribution is -2.34. The molecule has 1 amide bonds. The Kier molecular flexibility index (Phi) is 4.73. The van der Waals surface area contributed by atoms with Crippen LogP contribution >= 0.6 is 0 Å². The van der Waals surface area contributed by atoms with Crippen LogP contribution in [0.25, 0.3) is 0 Å². The van der Waals surface area contributed by atoms with Gasteiger partial charge < -0.3 is 5.32 Å². The average Bonchev–Trinajstić information content (AvgIpc) is 3.30. The smallest absolute Gasteiger partial charge is 0.236 e. The van der Waals surface area contributed by atoms with Gasteiger partial charge in [0.15, 0.2) is 0 Å². The molecule has 1 aromatic rings. The lowest BCUT2D eigenvalue weighted by Gasteiger charge is -2.16. The van der Waals surface area contributed by atoms with Gasteiger partial charge in [0, 0.05) is 5.71 Å². The van der Waals surface area contributed by atoms with Crippen LogP contribution in [-0.4, -0.2) is 11.6 Å². The van der Waals surface area contributed by atoms with E-state index >= 15 is 0 Å². The van der Waals surface area contributed by atoms with Crippen LogP contribution in [0.1, 0.15) is 38.7 Å². The molecule has 0 radical (unpaired) electrons. The van der Waals surface area contributed by atoms with Crippen molar-refractivity contribution in [3.8, 4) is 0 Å². The quantitative estimate of drug-likeness (QED) is 0.627. The van der Waals surface area contributed by atoms with Crippen LogP contribution < -0.4 is 5.32 Å². The SMILES string of the molecule is C=C/C=C(\N=C(/C)CC)NC(=O)C1(c2ccccc2)CC1. The second-order valence-corrected chi connectivity index (χ2v) is 5.39. The number of hydrogen-bond donors (Lipinski definition) is 1. The molecule has 110 valence electrons. The number of nitrogens with zero attached hydrogens (tertiary/aromatic N) is 1. The summed E-state index contributed by atoms with van der Waals surface area (Å²) in [6.45, 7) is 7.67. The number of benzene rings is 1. The van der Waals surface area contributed by atoms with Crippen LogP contribution in [-0.2, 0) is 10.2 Å². The van der Waals surface area contributed by atoms with Crippen LogP contribution in [0.4, 0.5) is 0 Å². The topological polar surface area (TPSA) is 41.5 Å². The van der Waals surface area contributed by atoms with E-state index in [4.69, 9.17) is 0 Å². The average molecular weight is 282 g/mol. The Morgan fingerprint density at radius 3 is 2.57 bits per heavy atom. The van der Waals surface area contributed by atoms with E-state index in [0.717, 1.165) is 30.5 Å². The van der Waals surface area contributed by atoms with E-state index in [1.54, 1.807) is 12.2 Å². The van der Waals surface area contributed by atoms with Gasteiger partial charge in [-0.2, -0.15) is 0 Å². The van der Waals surface area contributed by atoms with Gasteiger partial charge in [-0.3, -0.25) is 4.79 Å². The third kappa shape index (κ3) is 3.48. The summed E-state index contributed by atoms with van der Waals surface area (Å²) < 4.78 is 0. The summed E-state index contributed by atoms with van der Waals surface area (Å²) in [6, 6.07) is 9.95. The van der Waals surface area contributed by atoms with Gasteiger partial charge in [-0.05, 0) is 37.8 Å². The maximum Gasteiger partial charge on any atom is 0.236 e. The van der Waals surface area contributed by atoms with Gasteiger partial charge in [0.25, 0.3) is 0 Å². The minimum atomic E-state index is -0.378. The highest BCUT2D eigenvalue weighted by Crippen LogP contribution is 2.48. The Bertz CT molecular complexity index is 580. The molecule has 1 fully saturated rings. The molecule has 1 saturated carbocycles. The number of amides is 1. The number of allylic oxidation sites excluding steroid dienone is 2. The molecule has 0 aromatic heterocycles. The Morgan fingerprint density at radius 1 is 1.38 bits per heavy atom. The van der Waals surface area contributed by atoms with Crippen molar-refractivity contribution in [3.63, 3.8) is 0 Å². The highest BCUT2D eigenvalue weighted by Gasteiger charge is 2.51. The van der Waals surface area contributed by atoms with Gasteiger partial charge in [-0.25, -0.2) is 4.99 Å². The predicted molar refractivity (Wildman–Crippen MR) is 87.2 cm³/mol. The summed E-state index contributed by atoms with van der Waals surface area (Å²) in [6.07, 6.45) is 6.01. The van der Waals surface area contributed by atoms with Crippen LogP contribution in [0.3, 0.4) is 0 Å². The first-order valence-corrected chi connectivity index (χ1v) is 7.36. The first kappa shape index (κ1) is 15.2. The summed E-state index contributed by atoms with van der Waals surface area (Å²) in [7, 11) is 0. The van der Waals surface area contributed by atoms with Crippen LogP contribution in [0.5, 0.6) is 0 Å². The van der Waals surface area contributed by atoms with Crippen molar-refractivity contribution >= 4 is 11.6 Å². The lowest BCUT2D eigenvalue weighted by atomic mass is 9.95. The maximum absolute atomic E-state index is 12.6. The molecule has 1 N–H and O–H groups in total. The number of aliphatic imine (C=N–C) groups is 1. The molecular formula is C18H22N2O. The van der Waals surface area contributed by atoms with Crippen molar-refractivity contribution in [3.05, 3.63) is 60.4 Å². The molecule has 0 spiro atoms. The fraction of sp³-hybridized carbons (Fsp3) is 0.333. The van der Waals surface area contributed by atoms with Gasteiger partial charge >= 0.3 is 0 Å². The van der Waals surface area contributed by atoms with E-state index in [2.05, 4.69) is 16.9 Å². The van der Waals surface area contributed by atoms with Gasteiger partial charge in [0.1, 0.15) is 5.82 Å². The van der Waals surface area contributed by atoms with Gasteiger partial charge in [-0.15, -0.1) is 0 Å². The van der Waals surface area contributed by atoms with Crippen molar-refractivity contribution in [2.45, 2.75) is 38.5 Å². The maximum atomic E-state index is 12.6. The van der Waals surface area contributed by atoms with Crippen LogP contribution in [0.2, 0.25) is 0 Å². The number of hydrogen-bond acceptors (Lipinski definition) is 2. The summed E-state index contributed by atoms with van der Waals surface area (Å²) in [5.74, 6) is 0.589. The van der Waals surface area contributed by atoms with Crippen molar-refractivity contribution in [1.82, 2.24) is 5.32 Å². The molecule has 0 aliphatic heterocycles. The molecule has 0 atom stereocenters. The normalized spacial score (nSPS) is 17.2. The Hall–Kier alpha value is -2.16. The fourth-order valence-electron chi connectivity index (χ4n) is 2.27. The van der Waals surface area contributed by atoms with Crippen molar-refractivity contribution in [2.24, 2.45) is 4.99 Å². The first-order valence-electron chi connectivity index (χ1n) is 7.36.